The van der Waals surface area contributed by atoms with Gasteiger partial charge in [0.05, 0.1) is 5.69 Å². The average molecular weight is 289 g/mol. The predicted molar refractivity (Wildman–Crippen MR) is 78.6 cm³/mol. The number of carbonyl (C=O) groups excluding carboxylic acids is 2. The number of likely N-dealkylation sites (tertiary alicyclic amines) is 1. The van der Waals surface area contributed by atoms with Gasteiger partial charge in [-0.3, -0.25) is 9.59 Å². The quantitative estimate of drug-likeness (QED) is 0.862. The Hall–Kier alpha value is -2.08. The van der Waals surface area contributed by atoms with E-state index in [0.29, 0.717) is 23.5 Å². The van der Waals surface area contributed by atoms with E-state index in [1.807, 2.05) is 0 Å². The summed E-state index contributed by atoms with van der Waals surface area (Å²) >= 11 is 0. The third kappa shape index (κ3) is 3.33. The van der Waals surface area contributed by atoms with E-state index >= 15 is 0 Å². The van der Waals surface area contributed by atoms with Crippen molar-refractivity contribution in [3.63, 3.8) is 0 Å². The zero-order chi connectivity index (χ0) is 14.7. The number of carbonyl (C=O) groups is 2. The van der Waals surface area contributed by atoms with Crippen molar-refractivity contribution in [1.82, 2.24) is 10.2 Å². The molecule has 1 aromatic rings. The summed E-state index contributed by atoms with van der Waals surface area (Å²) in [5.41, 5.74) is 1.08. The zero-order valence-electron chi connectivity index (χ0n) is 11.9. The molecule has 2 N–H and O–H groups in total. The molecule has 0 spiro atoms. The van der Waals surface area contributed by atoms with Crippen LogP contribution in [0.3, 0.4) is 0 Å². The topological polar surface area (TPSA) is 70.7 Å². The Kier molecular flexibility index (Phi) is 4.06. The fourth-order valence-electron chi connectivity index (χ4n) is 2.66. The molecule has 2 amide bonds. The van der Waals surface area contributed by atoms with E-state index in [9.17, 15) is 9.59 Å². The van der Waals surface area contributed by atoms with Gasteiger partial charge in [-0.15, -0.1) is 0 Å². The number of nitrogens with zero attached hydrogens (tertiary/aromatic N) is 1. The zero-order valence-corrected chi connectivity index (χ0v) is 11.9. The molecule has 2 aliphatic heterocycles. The van der Waals surface area contributed by atoms with Crippen molar-refractivity contribution in [2.45, 2.75) is 12.8 Å². The SMILES string of the molecule is O=C1COc2ccc(C(=O)NCCN3CCCC3)cc2N1. The number of fused-ring (bicyclic) bond motifs is 1. The van der Waals surface area contributed by atoms with E-state index in [1.165, 1.54) is 12.8 Å². The molecule has 112 valence electrons. The molecule has 6 heteroatoms. The van der Waals surface area contributed by atoms with Crippen molar-refractivity contribution in [3.8, 4) is 5.75 Å². The summed E-state index contributed by atoms with van der Waals surface area (Å²) < 4.78 is 5.27. The number of hydrogen-bond donors (Lipinski definition) is 2. The molecule has 1 fully saturated rings. The standard InChI is InChI=1S/C15H19N3O3/c19-14-10-21-13-4-3-11(9-12(13)17-14)15(20)16-5-8-18-6-1-2-7-18/h3-4,9H,1-2,5-8,10H2,(H,16,20)(H,17,19). The van der Waals surface area contributed by atoms with Gasteiger partial charge in [-0.2, -0.15) is 0 Å². The largest absolute Gasteiger partial charge is 0.482 e. The predicted octanol–water partition coefficient (Wildman–Crippen LogP) is 0.843. The Labute approximate surface area is 123 Å². The van der Waals surface area contributed by atoms with Crippen molar-refractivity contribution in [3.05, 3.63) is 23.8 Å². The van der Waals surface area contributed by atoms with Crippen molar-refractivity contribution < 1.29 is 14.3 Å². The van der Waals surface area contributed by atoms with Crippen LogP contribution in [0.5, 0.6) is 5.75 Å². The van der Waals surface area contributed by atoms with Crippen LogP contribution in [0.4, 0.5) is 5.69 Å². The second-order valence-corrected chi connectivity index (χ2v) is 5.35. The molecule has 1 aromatic carbocycles. The lowest BCUT2D eigenvalue weighted by atomic mass is 10.1. The van der Waals surface area contributed by atoms with Crippen LogP contribution in [0.2, 0.25) is 0 Å². The van der Waals surface area contributed by atoms with Crippen molar-refractivity contribution >= 4 is 17.5 Å². The summed E-state index contributed by atoms with van der Waals surface area (Å²) in [5, 5.41) is 5.61. The molecular weight excluding hydrogens is 270 g/mol. The Morgan fingerprint density at radius 2 is 2.14 bits per heavy atom. The summed E-state index contributed by atoms with van der Waals surface area (Å²) in [5.74, 6) is 0.272. The summed E-state index contributed by atoms with van der Waals surface area (Å²) in [7, 11) is 0. The molecule has 0 aromatic heterocycles. The molecule has 0 bridgehead atoms. The van der Waals surface area contributed by atoms with Crippen LogP contribution >= 0.6 is 0 Å². The summed E-state index contributed by atoms with van der Waals surface area (Å²) in [6.07, 6.45) is 2.50. The molecular formula is C15H19N3O3. The summed E-state index contributed by atoms with van der Waals surface area (Å²) in [6, 6.07) is 5.07. The Balaban J connectivity index is 1.56. The van der Waals surface area contributed by atoms with Gasteiger partial charge in [-0.05, 0) is 44.1 Å². The maximum absolute atomic E-state index is 12.1. The molecule has 0 saturated carbocycles. The fourth-order valence-corrected chi connectivity index (χ4v) is 2.66. The smallest absolute Gasteiger partial charge is 0.262 e. The second kappa shape index (κ2) is 6.13. The number of ether oxygens (including phenoxy) is 1. The van der Waals surface area contributed by atoms with Crippen molar-refractivity contribution in [1.29, 1.82) is 0 Å². The normalized spacial score (nSPS) is 17.8. The fraction of sp³-hybridized carbons (Fsp3) is 0.467. The molecule has 0 unspecified atom stereocenters. The van der Waals surface area contributed by atoms with Crippen LogP contribution in [0.15, 0.2) is 18.2 Å². The van der Waals surface area contributed by atoms with E-state index in [4.69, 9.17) is 4.74 Å². The highest BCUT2D eigenvalue weighted by Gasteiger charge is 2.18. The van der Waals surface area contributed by atoms with Gasteiger partial charge in [0.2, 0.25) is 0 Å². The third-order valence-corrected chi connectivity index (χ3v) is 3.79. The number of benzene rings is 1. The van der Waals surface area contributed by atoms with Gasteiger partial charge >= 0.3 is 0 Å². The van der Waals surface area contributed by atoms with E-state index in [0.717, 1.165) is 19.6 Å². The lowest BCUT2D eigenvalue weighted by molar-refractivity contribution is -0.118. The van der Waals surface area contributed by atoms with Gasteiger partial charge in [0.15, 0.2) is 6.61 Å². The minimum Gasteiger partial charge on any atom is -0.482 e. The van der Waals surface area contributed by atoms with E-state index in [-0.39, 0.29) is 18.4 Å². The van der Waals surface area contributed by atoms with Crippen LogP contribution in [-0.2, 0) is 4.79 Å². The first-order valence-electron chi connectivity index (χ1n) is 7.29. The van der Waals surface area contributed by atoms with Gasteiger partial charge in [0.25, 0.3) is 11.8 Å². The maximum atomic E-state index is 12.1. The van der Waals surface area contributed by atoms with Crippen LogP contribution in [0, 0.1) is 0 Å². The van der Waals surface area contributed by atoms with Gasteiger partial charge in [0, 0.05) is 18.7 Å². The van der Waals surface area contributed by atoms with Crippen molar-refractivity contribution in [2.75, 3.05) is 38.1 Å². The molecule has 1 saturated heterocycles. The Bertz CT molecular complexity index is 553. The first-order chi connectivity index (χ1) is 10.2. The Morgan fingerprint density at radius 3 is 2.95 bits per heavy atom. The third-order valence-electron chi connectivity index (χ3n) is 3.79. The molecule has 2 heterocycles. The van der Waals surface area contributed by atoms with Gasteiger partial charge in [-0.25, -0.2) is 0 Å². The number of amides is 2. The highest BCUT2D eigenvalue weighted by atomic mass is 16.5. The van der Waals surface area contributed by atoms with Gasteiger partial charge < -0.3 is 20.3 Å². The van der Waals surface area contributed by atoms with Crippen LogP contribution in [0.25, 0.3) is 0 Å². The number of nitrogens with one attached hydrogen (secondary N) is 2. The molecule has 0 atom stereocenters. The van der Waals surface area contributed by atoms with E-state index < -0.39 is 0 Å². The molecule has 3 rings (SSSR count). The maximum Gasteiger partial charge on any atom is 0.262 e. The number of rotatable bonds is 4. The van der Waals surface area contributed by atoms with E-state index in [2.05, 4.69) is 15.5 Å². The minimum absolute atomic E-state index is 0.0222. The minimum atomic E-state index is -0.200. The van der Waals surface area contributed by atoms with E-state index in [1.54, 1.807) is 18.2 Å². The molecule has 0 radical (unpaired) electrons. The lowest BCUT2D eigenvalue weighted by Gasteiger charge is -2.18. The number of anilines is 1. The highest BCUT2D eigenvalue weighted by Crippen LogP contribution is 2.28. The first-order valence-corrected chi connectivity index (χ1v) is 7.29. The molecule has 0 aliphatic carbocycles. The second-order valence-electron chi connectivity index (χ2n) is 5.35. The van der Waals surface area contributed by atoms with Crippen LogP contribution in [0.1, 0.15) is 23.2 Å². The van der Waals surface area contributed by atoms with Crippen LogP contribution in [-0.4, -0.2) is 49.5 Å². The summed E-state index contributed by atoms with van der Waals surface area (Å²) in [4.78, 5) is 25.7. The number of hydrogen-bond acceptors (Lipinski definition) is 4. The summed E-state index contributed by atoms with van der Waals surface area (Å²) in [6.45, 7) is 3.79. The monoisotopic (exact) mass is 289 g/mol. The van der Waals surface area contributed by atoms with Crippen LogP contribution < -0.4 is 15.4 Å². The highest BCUT2D eigenvalue weighted by molar-refractivity contribution is 5.99. The molecule has 21 heavy (non-hydrogen) atoms. The van der Waals surface area contributed by atoms with Gasteiger partial charge in [0.1, 0.15) is 5.75 Å². The molecule has 2 aliphatic rings. The lowest BCUT2D eigenvalue weighted by Crippen LogP contribution is -2.33. The Morgan fingerprint density at radius 1 is 1.33 bits per heavy atom. The average Bonchev–Trinajstić information content (AvgIpc) is 2.99. The first kappa shape index (κ1) is 13.9. The molecule has 6 nitrogen and oxygen atoms in total. The van der Waals surface area contributed by atoms with Gasteiger partial charge in [-0.1, -0.05) is 0 Å². The van der Waals surface area contributed by atoms with Crippen molar-refractivity contribution in [2.24, 2.45) is 0 Å².